The number of amides is 1. The number of nitrogens with one attached hydrogen (secondary N) is 1. The number of hydrogen-bond acceptors (Lipinski definition) is 1. The van der Waals surface area contributed by atoms with Gasteiger partial charge in [-0.1, -0.05) is 20.8 Å². The first kappa shape index (κ1) is 9.04. The minimum atomic E-state index is 0.129. The summed E-state index contributed by atoms with van der Waals surface area (Å²) in [5.41, 5.74) is 0.129. The molecule has 74 valence electrons. The predicted octanol–water partition coefficient (Wildman–Crippen LogP) is 1.80. The summed E-state index contributed by atoms with van der Waals surface area (Å²) in [4.78, 5) is 11.8. The van der Waals surface area contributed by atoms with Crippen molar-refractivity contribution in [3.8, 4) is 0 Å². The molecule has 2 saturated heterocycles. The summed E-state index contributed by atoms with van der Waals surface area (Å²) in [5, 5.41) is 3.05. The van der Waals surface area contributed by atoms with Crippen LogP contribution in [0.15, 0.2) is 0 Å². The highest BCUT2D eigenvalue weighted by molar-refractivity contribution is 5.80. The van der Waals surface area contributed by atoms with Gasteiger partial charge in [0.15, 0.2) is 0 Å². The molecule has 0 spiro atoms. The molecule has 3 rings (SSSR count). The molecule has 1 amide bonds. The topological polar surface area (TPSA) is 29.1 Å². The predicted molar refractivity (Wildman–Crippen MR) is 52.2 cm³/mol. The van der Waals surface area contributed by atoms with E-state index in [-0.39, 0.29) is 17.2 Å². The summed E-state index contributed by atoms with van der Waals surface area (Å²) in [6, 6.07) is 0. The highest BCUT2D eigenvalue weighted by Gasteiger charge is 2.46. The van der Waals surface area contributed by atoms with E-state index in [0.717, 1.165) is 12.5 Å². The van der Waals surface area contributed by atoms with Crippen molar-refractivity contribution in [2.45, 2.75) is 33.6 Å². The Hall–Kier alpha value is -0.530. The molecule has 1 atom stereocenters. The Morgan fingerprint density at radius 3 is 2.46 bits per heavy atom. The van der Waals surface area contributed by atoms with E-state index < -0.39 is 0 Å². The Balaban J connectivity index is 2.19. The monoisotopic (exact) mass is 181 g/mol. The SMILES string of the molecule is CC(C)(C)C1C(=O)NCC2CC1C2. The molecule has 0 aromatic carbocycles. The van der Waals surface area contributed by atoms with E-state index in [1.807, 2.05) is 0 Å². The maximum Gasteiger partial charge on any atom is 0.223 e. The van der Waals surface area contributed by atoms with Gasteiger partial charge in [0.05, 0.1) is 0 Å². The normalized spacial score (nSPS) is 39.0. The van der Waals surface area contributed by atoms with Crippen LogP contribution in [0, 0.1) is 23.2 Å². The van der Waals surface area contributed by atoms with Crippen LogP contribution in [-0.2, 0) is 4.79 Å². The van der Waals surface area contributed by atoms with Crippen LogP contribution in [0.3, 0.4) is 0 Å². The zero-order valence-corrected chi connectivity index (χ0v) is 8.76. The van der Waals surface area contributed by atoms with Gasteiger partial charge >= 0.3 is 0 Å². The molecule has 2 heteroatoms. The highest BCUT2D eigenvalue weighted by Crippen LogP contribution is 2.47. The summed E-state index contributed by atoms with van der Waals surface area (Å²) < 4.78 is 0. The first-order valence-corrected chi connectivity index (χ1v) is 5.26. The lowest BCUT2D eigenvalue weighted by Gasteiger charge is -2.40. The fraction of sp³-hybridized carbons (Fsp3) is 0.909. The molecule has 13 heavy (non-hydrogen) atoms. The van der Waals surface area contributed by atoms with Gasteiger partial charge in [-0.25, -0.2) is 0 Å². The lowest BCUT2D eigenvalue weighted by molar-refractivity contribution is -0.130. The Morgan fingerprint density at radius 1 is 1.31 bits per heavy atom. The Bertz CT molecular complexity index is 223. The van der Waals surface area contributed by atoms with E-state index in [4.69, 9.17) is 0 Å². The van der Waals surface area contributed by atoms with E-state index in [0.29, 0.717) is 5.92 Å². The third-order valence-electron chi connectivity index (χ3n) is 3.52. The van der Waals surface area contributed by atoms with E-state index in [9.17, 15) is 4.79 Å². The Kier molecular flexibility index (Phi) is 1.90. The largest absolute Gasteiger partial charge is 0.356 e. The van der Waals surface area contributed by atoms with Crippen molar-refractivity contribution in [2.24, 2.45) is 23.2 Å². The lowest BCUT2D eigenvalue weighted by Crippen LogP contribution is -2.40. The van der Waals surface area contributed by atoms with Crippen molar-refractivity contribution in [3.63, 3.8) is 0 Å². The van der Waals surface area contributed by atoms with Crippen molar-refractivity contribution < 1.29 is 4.79 Å². The van der Waals surface area contributed by atoms with E-state index in [1.165, 1.54) is 12.8 Å². The quantitative estimate of drug-likeness (QED) is 0.606. The third-order valence-corrected chi connectivity index (χ3v) is 3.52. The van der Waals surface area contributed by atoms with E-state index in [1.54, 1.807) is 0 Å². The van der Waals surface area contributed by atoms with Gasteiger partial charge in [0.1, 0.15) is 0 Å². The minimum Gasteiger partial charge on any atom is -0.356 e. The van der Waals surface area contributed by atoms with Gasteiger partial charge in [0.2, 0.25) is 5.91 Å². The molecule has 3 aliphatic rings. The molecular weight excluding hydrogens is 162 g/mol. The second kappa shape index (κ2) is 2.73. The molecule has 1 unspecified atom stereocenters. The van der Waals surface area contributed by atoms with Gasteiger partial charge < -0.3 is 5.32 Å². The lowest BCUT2D eigenvalue weighted by atomic mass is 9.62. The van der Waals surface area contributed by atoms with Gasteiger partial charge in [-0.2, -0.15) is 0 Å². The molecule has 2 nitrogen and oxygen atoms in total. The van der Waals surface area contributed by atoms with Crippen LogP contribution in [-0.4, -0.2) is 12.5 Å². The number of hydrogen-bond donors (Lipinski definition) is 1. The zero-order chi connectivity index (χ0) is 9.64. The fourth-order valence-electron chi connectivity index (χ4n) is 2.90. The van der Waals surface area contributed by atoms with Gasteiger partial charge in [-0.05, 0) is 30.1 Å². The molecule has 0 radical (unpaired) electrons. The second-order valence-corrected chi connectivity index (χ2v) is 5.69. The van der Waals surface area contributed by atoms with Crippen molar-refractivity contribution in [3.05, 3.63) is 0 Å². The number of fused-ring (bicyclic) bond motifs is 3. The molecule has 1 saturated carbocycles. The van der Waals surface area contributed by atoms with Crippen LogP contribution in [0.1, 0.15) is 33.6 Å². The fourth-order valence-corrected chi connectivity index (χ4v) is 2.90. The first-order valence-electron chi connectivity index (χ1n) is 5.26. The van der Waals surface area contributed by atoms with Crippen LogP contribution >= 0.6 is 0 Å². The van der Waals surface area contributed by atoms with E-state index >= 15 is 0 Å². The van der Waals surface area contributed by atoms with Crippen LogP contribution in [0.4, 0.5) is 0 Å². The van der Waals surface area contributed by atoms with Crippen LogP contribution < -0.4 is 5.32 Å². The molecule has 0 aromatic rings. The van der Waals surface area contributed by atoms with Crippen molar-refractivity contribution in [1.82, 2.24) is 5.32 Å². The molecule has 2 heterocycles. The summed E-state index contributed by atoms with van der Waals surface area (Å²) in [7, 11) is 0. The molecule has 0 aromatic heterocycles. The maximum atomic E-state index is 11.8. The molecule has 1 N–H and O–H groups in total. The number of carbonyl (C=O) groups is 1. The Morgan fingerprint density at radius 2 is 1.92 bits per heavy atom. The maximum absolute atomic E-state index is 11.8. The minimum absolute atomic E-state index is 0.129. The number of rotatable bonds is 0. The van der Waals surface area contributed by atoms with E-state index in [2.05, 4.69) is 26.1 Å². The van der Waals surface area contributed by atoms with Crippen LogP contribution in [0.5, 0.6) is 0 Å². The summed E-state index contributed by atoms with van der Waals surface area (Å²) in [5.74, 6) is 1.97. The molecular formula is C11H19NO. The molecule has 1 aliphatic carbocycles. The Labute approximate surface area is 80.1 Å². The van der Waals surface area contributed by atoms with Gasteiger partial charge in [0.25, 0.3) is 0 Å². The molecule has 3 fully saturated rings. The summed E-state index contributed by atoms with van der Waals surface area (Å²) in [6.07, 6.45) is 2.53. The third kappa shape index (κ3) is 1.47. The van der Waals surface area contributed by atoms with Crippen molar-refractivity contribution in [1.29, 1.82) is 0 Å². The summed E-state index contributed by atoms with van der Waals surface area (Å²) >= 11 is 0. The van der Waals surface area contributed by atoms with Crippen LogP contribution in [0.25, 0.3) is 0 Å². The highest BCUT2D eigenvalue weighted by atomic mass is 16.2. The zero-order valence-electron chi connectivity index (χ0n) is 8.76. The van der Waals surface area contributed by atoms with Gasteiger partial charge in [0, 0.05) is 12.5 Å². The van der Waals surface area contributed by atoms with Gasteiger partial charge in [-0.3, -0.25) is 4.79 Å². The second-order valence-electron chi connectivity index (χ2n) is 5.69. The average molecular weight is 181 g/mol. The van der Waals surface area contributed by atoms with Crippen LogP contribution in [0.2, 0.25) is 0 Å². The van der Waals surface area contributed by atoms with Crippen molar-refractivity contribution >= 4 is 5.91 Å². The number of carbonyl (C=O) groups excluding carboxylic acids is 1. The van der Waals surface area contributed by atoms with Gasteiger partial charge in [-0.15, -0.1) is 0 Å². The standard InChI is InChI=1S/C11H19NO/c1-11(2,3)9-8-4-7(5-8)6-12-10(9)13/h7-9H,4-6H2,1-3H3,(H,12,13). The first-order chi connectivity index (χ1) is 5.98. The summed E-state index contributed by atoms with van der Waals surface area (Å²) in [6.45, 7) is 7.45. The smallest absolute Gasteiger partial charge is 0.223 e. The molecule has 2 bridgehead atoms. The van der Waals surface area contributed by atoms with Crippen molar-refractivity contribution in [2.75, 3.05) is 6.54 Å². The molecule has 2 aliphatic heterocycles. The average Bonchev–Trinajstić information content (AvgIpc) is 2.11.